The first-order valence-corrected chi connectivity index (χ1v) is 9.99. The lowest BCUT2D eigenvalue weighted by Gasteiger charge is -2.55. The molecule has 1 N–H and O–H groups in total. The van der Waals surface area contributed by atoms with E-state index in [9.17, 15) is 4.79 Å². The van der Waals surface area contributed by atoms with Crippen LogP contribution in [0.3, 0.4) is 0 Å². The molecule has 26 heavy (non-hydrogen) atoms. The molecule has 0 spiro atoms. The third kappa shape index (κ3) is 3.53. The van der Waals surface area contributed by atoms with Crippen LogP contribution >= 0.6 is 0 Å². The maximum absolute atomic E-state index is 12.6. The molecule has 2 aliphatic carbocycles. The molecule has 0 aliphatic heterocycles. The number of nitrogens with one attached hydrogen (secondary N) is 1. The SMILES string of the molecule is Cc1cccc(CCC(=O)N[C@H]2[C@H]3CCCC[C@H]3[C@@H]2c2ccccc2)n1. The summed E-state index contributed by atoms with van der Waals surface area (Å²) in [5.74, 6) is 2.07. The van der Waals surface area contributed by atoms with E-state index in [-0.39, 0.29) is 5.91 Å². The topological polar surface area (TPSA) is 42.0 Å². The molecule has 1 amide bonds. The molecule has 2 saturated carbocycles. The van der Waals surface area contributed by atoms with Gasteiger partial charge < -0.3 is 5.32 Å². The second kappa shape index (κ2) is 7.61. The first-order valence-electron chi connectivity index (χ1n) is 9.99. The predicted octanol–water partition coefficient (Wildman–Crippen LogP) is 4.41. The number of aryl methyl sites for hydroxylation is 2. The highest BCUT2D eigenvalue weighted by atomic mass is 16.1. The standard InChI is InChI=1S/C23H28N2O/c1-16-8-7-11-18(24-16)14-15-21(26)25-23-20-13-6-5-12-19(20)22(23)17-9-3-2-4-10-17/h2-4,7-11,19-20,22-23H,5-6,12-15H2,1H3,(H,25,26)/t19-,20+,22+,23+/m1/s1. The fourth-order valence-electron chi connectivity index (χ4n) is 5.03. The fraction of sp³-hybridized carbons (Fsp3) is 0.478. The van der Waals surface area contributed by atoms with E-state index in [4.69, 9.17) is 0 Å². The highest BCUT2D eigenvalue weighted by molar-refractivity contribution is 5.77. The number of carbonyl (C=O) groups excluding carboxylic acids is 1. The first kappa shape index (κ1) is 17.3. The zero-order valence-electron chi connectivity index (χ0n) is 15.5. The maximum Gasteiger partial charge on any atom is 0.220 e. The van der Waals surface area contributed by atoms with Crippen molar-refractivity contribution in [1.82, 2.24) is 10.3 Å². The lowest BCUT2D eigenvalue weighted by molar-refractivity contribution is -0.124. The molecule has 3 nitrogen and oxygen atoms in total. The lowest BCUT2D eigenvalue weighted by Crippen LogP contribution is -2.59. The van der Waals surface area contributed by atoms with Gasteiger partial charge >= 0.3 is 0 Å². The van der Waals surface area contributed by atoms with Crippen molar-refractivity contribution in [2.24, 2.45) is 11.8 Å². The van der Waals surface area contributed by atoms with Gasteiger partial charge in [-0.2, -0.15) is 0 Å². The van der Waals surface area contributed by atoms with Crippen molar-refractivity contribution in [2.75, 3.05) is 0 Å². The van der Waals surface area contributed by atoms with Crippen LogP contribution in [0.4, 0.5) is 0 Å². The molecule has 1 aromatic carbocycles. The number of hydrogen-bond acceptors (Lipinski definition) is 2. The molecule has 0 radical (unpaired) electrons. The smallest absolute Gasteiger partial charge is 0.220 e. The van der Waals surface area contributed by atoms with Crippen LogP contribution in [0.1, 0.15) is 55.0 Å². The Morgan fingerprint density at radius 1 is 1.04 bits per heavy atom. The Kier molecular flexibility index (Phi) is 5.05. The Morgan fingerprint density at radius 3 is 2.58 bits per heavy atom. The van der Waals surface area contributed by atoms with Gasteiger partial charge in [0, 0.05) is 29.8 Å². The number of pyridine rings is 1. The molecule has 1 aromatic heterocycles. The summed E-state index contributed by atoms with van der Waals surface area (Å²) in [6.45, 7) is 1.99. The van der Waals surface area contributed by atoms with Crippen molar-refractivity contribution in [3.05, 3.63) is 65.5 Å². The van der Waals surface area contributed by atoms with Crippen LogP contribution in [0.5, 0.6) is 0 Å². The molecule has 2 aliphatic rings. The van der Waals surface area contributed by atoms with Crippen LogP contribution in [0.15, 0.2) is 48.5 Å². The molecule has 0 bridgehead atoms. The minimum absolute atomic E-state index is 0.170. The summed E-state index contributed by atoms with van der Waals surface area (Å²) in [5, 5.41) is 3.38. The summed E-state index contributed by atoms with van der Waals surface area (Å²) < 4.78 is 0. The summed E-state index contributed by atoms with van der Waals surface area (Å²) >= 11 is 0. The number of aromatic nitrogens is 1. The third-order valence-electron chi connectivity index (χ3n) is 6.25. The number of fused-ring (bicyclic) bond motifs is 1. The van der Waals surface area contributed by atoms with Crippen molar-refractivity contribution in [1.29, 1.82) is 0 Å². The van der Waals surface area contributed by atoms with Gasteiger partial charge in [-0.05, 0) is 55.7 Å². The van der Waals surface area contributed by atoms with Gasteiger partial charge in [-0.15, -0.1) is 0 Å². The van der Waals surface area contributed by atoms with Gasteiger partial charge in [0.15, 0.2) is 0 Å². The van der Waals surface area contributed by atoms with Gasteiger partial charge in [0.2, 0.25) is 5.91 Å². The summed E-state index contributed by atoms with van der Waals surface area (Å²) in [6, 6.07) is 17.1. The highest BCUT2D eigenvalue weighted by Crippen LogP contribution is 2.54. The average molecular weight is 348 g/mol. The summed E-state index contributed by atoms with van der Waals surface area (Å²) in [6.07, 6.45) is 6.45. The Morgan fingerprint density at radius 2 is 1.81 bits per heavy atom. The van der Waals surface area contributed by atoms with E-state index in [2.05, 4.69) is 40.6 Å². The Hall–Kier alpha value is -2.16. The summed E-state index contributed by atoms with van der Waals surface area (Å²) in [4.78, 5) is 17.1. The van der Waals surface area contributed by atoms with Gasteiger partial charge in [0.1, 0.15) is 0 Å². The van der Waals surface area contributed by atoms with E-state index in [1.54, 1.807) is 0 Å². The molecule has 4 rings (SSSR count). The molecule has 2 aromatic rings. The monoisotopic (exact) mass is 348 g/mol. The van der Waals surface area contributed by atoms with Gasteiger partial charge in [0.25, 0.3) is 0 Å². The first-order chi connectivity index (χ1) is 12.7. The van der Waals surface area contributed by atoms with E-state index < -0.39 is 0 Å². The van der Waals surface area contributed by atoms with Gasteiger partial charge in [-0.1, -0.05) is 49.2 Å². The zero-order chi connectivity index (χ0) is 17.9. The minimum Gasteiger partial charge on any atom is -0.352 e. The maximum atomic E-state index is 12.6. The van der Waals surface area contributed by atoms with Gasteiger partial charge in [0.05, 0.1) is 0 Å². The number of benzene rings is 1. The second-order valence-corrected chi connectivity index (χ2v) is 7.91. The van der Waals surface area contributed by atoms with Crippen LogP contribution in [-0.4, -0.2) is 16.9 Å². The van der Waals surface area contributed by atoms with E-state index in [0.29, 0.717) is 30.7 Å². The largest absolute Gasteiger partial charge is 0.352 e. The van der Waals surface area contributed by atoms with E-state index in [1.807, 2.05) is 25.1 Å². The number of nitrogens with zero attached hydrogens (tertiary/aromatic N) is 1. The Balaban J connectivity index is 1.41. The average Bonchev–Trinajstić information content (AvgIpc) is 2.66. The predicted molar refractivity (Wildman–Crippen MR) is 104 cm³/mol. The van der Waals surface area contributed by atoms with Crippen LogP contribution in [0.25, 0.3) is 0 Å². The molecular formula is C23H28N2O. The number of carbonyl (C=O) groups is 1. The third-order valence-corrected chi connectivity index (χ3v) is 6.25. The normalized spacial score (nSPS) is 27.3. The number of hydrogen-bond donors (Lipinski definition) is 1. The van der Waals surface area contributed by atoms with Crippen LogP contribution in [-0.2, 0) is 11.2 Å². The highest BCUT2D eigenvalue weighted by Gasteiger charge is 2.51. The Bertz CT molecular complexity index is 758. The Labute approximate surface area is 156 Å². The molecule has 3 heteroatoms. The van der Waals surface area contributed by atoms with Gasteiger partial charge in [-0.25, -0.2) is 0 Å². The molecule has 4 atom stereocenters. The molecule has 0 saturated heterocycles. The summed E-state index contributed by atoms with van der Waals surface area (Å²) in [5.41, 5.74) is 3.40. The van der Waals surface area contributed by atoms with Crippen LogP contribution < -0.4 is 5.32 Å². The van der Waals surface area contributed by atoms with E-state index in [0.717, 1.165) is 17.3 Å². The molecular weight excluding hydrogens is 320 g/mol. The van der Waals surface area contributed by atoms with Crippen molar-refractivity contribution >= 4 is 5.91 Å². The van der Waals surface area contributed by atoms with Crippen molar-refractivity contribution in [2.45, 2.75) is 57.4 Å². The molecule has 1 heterocycles. The van der Waals surface area contributed by atoms with E-state index in [1.165, 1.54) is 31.2 Å². The second-order valence-electron chi connectivity index (χ2n) is 7.91. The zero-order valence-corrected chi connectivity index (χ0v) is 15.5. The van der Waals surface area contributed by atoms with Crippen LogP contribution in [0, 0.1) is 18.8 Å². The van der Waals surface area contributed by atoms with E-state index >= 15 is 0 Å². The molecule has 0 unspecified atom stereocenters. The van der Waals surface area contributed by atoms with Crippen molar-refractivity contribution in [3.8, 4) is 0 Å². The summed E-state index contributed by atoms with van der Waals surface area (Å²) in [7, 11) is 0. The van der Waals surface area contributed by atoms with Gasteiger partial charge in [-0.3, -0.25) is 9.78 Å². The number of amides is 1. The number of rotatable bonds is 5. The van der Waals surface area contributed by atoms with Crippen LogP contribution in [0.2, 0.25) is 0 Å². The minimum atomic E-state index is 0.170. The quantitative estimate of drug-likeness (QED) is 0.869. The van der Waals surface area contributed by atoms with Crippen molar-refractivity contribution in [3.63, 3.8) is 0 Å². The fourth-order valence-corrected chi connectivity index (χ4v) is 5.03. The molecule has 2 fully saturated rings. The molecule has 136 valence electrons. The lowest BCUT2D eigenvalue weighted by atomic mass is 9.53. The van der Waals surface area contributed by atoms with Crippen molar-refractivity contribution < 1.29 is 4.79 Å².